The zero-order chi connectivity index (χ0) is 15.2. The number of para-hydroxylation sites is 1. The lowest BCUT2D eigenvalue weighted by molar-refractivity contribution is -0.117. The molecule has 0 saturated carbocycles. The van der Waals surface area contributed by atoms with E-state index in [-0.39, 0.29) is 11.3 Å². The number of hydrogen-bond donors (Lipinski definition) is 0. The Bertz CT molecular complexity index is 721. The molecule has 0 aromatic heterocycles. The lowest BCUT2D eigenvalue weighted by Crippen LogP contribution is -2.36. The van der Waals surface area contributed by atoms with Crippen molar-refractivity contribution in [1.82, 2.24) is 0 Å². The SMILES string of the molecule is CCC(=O)N1c2ccccc2C(C)(C)c2c(Cl)cccc21. The maximum Gasteiger partial charge on any atom is 0.231 e. The van der Waals surface area contributed by atoms with E-state index >= 15 is 0 Å². The van der Waals surface area contributed by atoms with Crippen LogP contribution in [0.15, 0.2) is 42.5 Å². The van der Waals surface area contributed by atoms with E-state index in [0.717, 1.165) is 22.5 Å². The van der Waals surface area contributed by atoms with Crippen molar-refractivity contribution in [3.63, 3.8) is 0 Å². The van der Waals surface area contributed by atoms with Gasteiger partial charge in [-0.3, -0.25) is 9.69 Å². The number of benzene rings is 2. The summed E-state index contributed by atoms with van der Waals surface area (Å²) in [6.45, 7) is 6.20. The maximum atomic E-state index is 12.5. The normalized spacial score (nSPS) is 15.3. The number of rotatable bonds is 1. The molecule has 108 valence electrons. The maximum absolute atomic E-state index is 12.5. The Balaban J connectivity index is 2.37. The topological polar surface area (TPSA) is 20.3 Å². The van der Waals surface area contributed by atoms with Gasteiger partial charge >= 0.3 is 0 Å². The Morgan fingerprint density at radius 2 is 1.76 bits per heavy atom. The number of fused-ring (bicyclic) bond motifs is 2. The summed E-state index contributed by atoms with van der Waals surface area (Å²) in [5, 5.41) is 0.709. The number of nitrogens with zero attached hydrogens (tertiary/aromatic N) is 1. The fraction of sp³-hybridized carbons (Fsp3) is 0.278. The molecule has 0 bridgehead atoms. The largest absolute Gasteiger partial charge is 0.280 e. The van der Waals surface area contributed by atoms with Crippen molar-refractivity contribution in [2.24, 2.45) is 0 Å². The molecule has 2 nitrogen and oxygen atoms in total. The van der Waals surface area contributed by atoms with Crippen LogP contribution in [0.3, 0.4) is 0 Å². The average molecular weight is 300 g/mol. The summed E-state index contributed by atoms with van der Waals surface area (Å²) in [6.07, 6.45) is 0.459. The second-order valence-electron chi connectivity index (χ2n) is 5.86. The molecule has 0 N–H and O–H groups in total. The Morgan fingerprint density at radius 1 is 1.10 bits per heavy atom. The van der Waals surface area contributed by atoms with Crippen LogP contribution in [0, 0.1) is 0 Å². The van der Waals surface area contributed by atoms with Gasteiger partial charge in [0.2, 0.25) is 5.91 Å². The van der Waals surface area contributed by atoms with Gasteiger partial charge in [0, 0.05) is 22.4 Å². The molecule has 3 rings (SSSR count). The highest BCUT2D eigenvalue weighted by Gasteiger charge is 2.39. The number of amides is 1. The van der Waals surface area contributed by atoms with Gasteiger partial charge in [-0.15, -0.1) is 0 Å². The quantitative estimate of drug-likeness (QED) is 0.721. The van der Waals surface area contributed by atoms with Crippen molar-refractivity contribution < 1.29 is 4.79 Å². The molecule has 1 aliphatic heterocycles. The molecule has 0 radical (unpaired) electrons. The van der Waals surface area contributed by atoms with Gasteiger partial charge in [-0.25, -0.2) is 0 Å². The smallest absolute Gasteiger partial charge is 0.231 e. The molecule has 1 amide bonds. The van der Waals surface area contributed by atoms with Crippen LogP contribution in [0.2, 0.25) is 5.02 Å². The zero-order valence-electron chi connectivity index (χ0n) is 12.5. The minimum atomic E-state index is -0.227. The highest BCUT2D eigenvalue weighted by Crippen LogP contribution is 2.51. The van der Waals surface area contributed by atoms with E-state index in [4.69, 9.17) is 11.6 Å². The van der Waals surface area contributed by atoms with Crippen molar-refractivity contribution in [3.05, 3.63) is 58.6 Å². The van der Waals surface area contributed by atoms with Crippen molar-refractivity contribution >= 4 is 28.9 Å². The van der Waals surface area contributed by atoms with Crippen LogP contribution in [0.1, 0.15) is 38.3 Å². The van der Waals surface area contributed by atoms with Crippen LogP contribution in [0.4, 0.5) is 11.4 Å². The third-order valence-electron chi connectivity index (χ3n) is 4.23. The molecular formula is C18H18ClNO. The lowest BCUT2D eigenvalue weighted by Gasteiger charge is -2.41. The lowest BCUT2D eigenvalue weighted by atomic mass is 9.73. The van der Waals surface area contributed by atoms with Gasteiger partial charge < -0.3 is 0 Å². The van der Waals surface area contributed by atoms with Gasteiger partial charge in [0.25, 0.3) is 0 Å². The molecule has 0 atom stereocenters. The number of anilines is 2. The van der Waals surface area contributed by atoms with Crippen molar-refractivity contribution in [2.75, 3.05) is 4.90 Å². The molecule has 0 fully saturated rings. The molecule has 0 unspecified atom stereocenters. The second-order valence-corrected chi connectivity index (χ2v) is 6.27. The highest BCUT2D eigenvalue weighted by atomic mass is 35.5. The van der Waals surface area contributed by atoms with Crippen molar-refractivity contribution in [2.45, 2.75) is 32.6 Å². The Hall–Kier alpha value is -1.80. The van der Waals surface area contributed by atoms with Gasteiger partial charge in [0.1, 0.15) is 0 Å². The van der Waals surface area contributed by atoms with Gasteiger partial charge in [-0.05, 0) is 23.8 Å². The summed E-state index contributed by atoms with van der Waals surface area (Å²) >= 11 is 6.47. The predicted octanol–water partition coefficient (Wildman–Crippen LogP) is 5.05. The first kappa shape index (κ1) is 14.2. The number of carbonyl (C=O) groups excluding carboxylic acids is 1. The van der Waals surface area contributed by atoms with Crippen LogP contribution >= 0.6 is 11.6 Å². The molecule has 2 aromatic carbocycles. The molecule has 0 saturated heterocycles. The minimum Gasteiger partial charge on any atom is -0.280 e. The summed E-state index contributed by atoms with van der Waals surface area (Å²) in [5.74, 6) is 0.0847. The molecule has 1 aliphatic rings. The first-order chi connectivity index (χ1) is 9.98. The molecular weight excluding hydrogens is 282 g/mol. The summed E-state index contributed by atoms with van der Waals surface area (Å²) < 4.78 is 0. The first-order valence-corrected chi connectivity index (χ1v) is 7.57. The van der Waals surface area contributed by atoms with E-state index in [1.807, 2.05) is 48.2 Å². The predicted molar refractivity (Wildman–Crippen MR) is 87.5 cm³/mol. The van der Waals surface area contributed by atoms with Gasteiger partial charge in [0.15, 0.2) is 0 Å². The minimum absolute atomic E-state index is 0.0847. The third kappa shape index (κ3) is 1.97. The zero-order valence-corrected chi connectivity index (χ0v) is 13.2. The van der Waals surface area contributed by atoms with E-state index in [1.165, 1.54) is 0 Å². The van der Waals surface area contributed by atoms with Crippen LogP contribution in [0.25, 0.3) is 0 Å². The standard InChI is InChI=1S/C18H18ClNO/c1-4-16(21)20-14-10-6-5-8-12(14)18(2,3)17-13(19)9-7-11-15(17)20/h5-11H,4H2,1-3H3. The second kappa shape index (κ2) is 4.88. The van der Waals surface area contributed by atoms with Crippen LogP contribution < -0.4 is 4.90 Å². The van der Waals surface area contributed by atoms with E-state index in [2.05, 4.69) is 19.9 Å². The van der Waals surface area contributed by atoms with Crippen molar-refractivity contribution in [1.29, 1.82) is 0 Å². The summed E-state index contributed by atoms with van der Waals surface area (Å²) in [6, 6.07) is 13.8. The van der Waals surface area contributed by atoms with E-state index < -0.39 is 0 Å². The van der Waals surface area contributed by atoms with Crippen LogP contribution in [0.5, 0.6) is 0 Å². The van der Waals surface area contributed by atoms with Crippen LogP contribution in [-0.4, -0.2) is 5.91 Å². The molecule has 21 heavy (non-hydrogen) atoms. The van der Waals surface area contributed by atoms with Crippen molar-refractivity contribution in [3.8, 4) is 0 Å². The summed E-state index contributed by atoms with van der Waals surface area (Å²) in [5.41, 5.74) is 3.79. The first-order valence-electron chi connectivity index (χ1n) is 7.20. The summed E-state index contributed by atoms with van der Waals surface area (Å²) in [4.78, 5) is 14.3. The summed E-state index contributed by atoms with van der Waals surface area (Å²) in [7, 11) is 0. The van der Waals surface area contributed by atoms with E-state index in [9.17, 15) is 4.79 Å². The third-order valence-corrected chi connectivity index (χ3v) is 4.54. The Kier molecular flexibility index (Phi) is 3.29. The average Bonchev–Trinajstić information content (AvgIpc) is 2.47. The molecule has 0 spiro atoms. The molecule has 1 heterocycles. The highest BCUT2D eigenvalue weighted by molar-refractivity contribution is 6.32. The Labute approximate surface area is 130 Å². The van der Waals surface area contributed by atoms with Crippen LogP contribution in [-0.2, 0) is 10.2 Å². The van der Waals surface area contributed by atoms with Gasteiger partial charge in [0.05, 0.1) is 11.4 Å². The number of carbonyl (C=O) groups is 1. The molecule has 0 aliphatic carbocycles. The van der Waals surface area contributed by atoms with Gasteiger partial charge in [-0.1, -0.05) is 56.6 Å². The van der Waals surface area contributed by atoms with E-state index in [0.29, 0.717) is 11.4 Å². The molecule has 3 heteroatoms. The molecule has 2 aromatic rings. The van der Waals surface area contributed by atoms with E-state index in [1.54, 1.807) is 0 Å². The fourth-order valence-corrected chi connectivity index (χ4v) is 3.61. The van der Waals surface area contributed by atoms with Gasteiger partial charge in [-0.2, -0.15) is 0 Å². The fourth-order valence-electron chi connectivity index (χ4n) is 3.21. The number of hydrogen-bond acceptors (Lipinski definition) is 1. The Morgan fingerprint density at radius 3 is 2.48 bits per heavy atom. The monoisotopic (exact) mass is 299 g/mol. The number of halogens is 1.